The van der Waals surface area contributed by atoms with Gasteiger partial charge in [0.05, 0.1) is 12.2 Å². The van der Waals surface area contributed by atoms with Crippen molar-refractivity contribution in [2.24, 2.45) is 5.41 Å². The fraction of sp³-hybridized carbons (Fsp3) is 0.619. The quantitative estimate of drug-likeness (QED) is 0.794. The van der Waals surface area contributed by atoms with Gasteiger partial charge in [-0.15, -0.1) is 0 Å². The van der Waals surface area contributed by atoms with Gasteiger partial charge in [-0.1, -0.05) is 12.1 Å². The second-order valence-electron chi connectivity index (χ2n) is 8.05. The van der Waals surface area contributed by atoms with Gasteiger partial charge in [-0.3, -0.25) is 9.59 Å². The summed E-state index contributed by atoms with van der Waals surface area (Å²) in [4.78, 5) is 31.4. The van der Waals surface area contributed by atoms with Crippen molar-refractivity contribution in [3.8, 4) is 0 Å². The Balaban J connectivity index is 1.76. The molecule has 1 spiro atoms. The number of anilines is 1. The average Bonchev–Trinajstić information content (AvgIpc) is 2.68. The van der Waals surface area contributed by atoms with Crippen LogP contribution in [0.5, 0.6) is 0 Å². The summed E-state index contributed by atoms with van der Waals surface area (Å²) < 4.78 is 5.16. The molecule has 27 heavy (non-hydrogen) atoms. The van der Waals surface area contributed by atoms with Crippen LogP contribution >= 0.6 is 0 Å². The predicted molar refractivity (Wildman–Crippen MR) is 106 cm³/mol. The first-order chi connectivity index (χ1) is 13.0. The van der Waals surface area contributed by atoms with Gasteiger partial charge in [0.1, 0.15) is 0 Å². The molecule has 148 valence electrons. The molecule has 0 aromatic heterocycles. The van der Waals surface area contributed by atoms with E-state index in [2.05, 4.69) is 0 Å². The Hall–Kier alpha value is -2.08. The van der Waals surface area contributed by atoms with Crippen LogP contribution in [0.4, 0.5) is 5.69 Å². The van der Waals surface area contributed by atoms with Crippen molar-refractivity contribution in [1.29, 1.82) is 0 Å². The third-order valence-electron chi connectivity index (χ3n) is 5.88. The number of carbonyl (C=O) groups is 2. The predicted octanol–water partition coefficient (Wildman–Crippen LogP) is 2.24. The monoisotopic (exact) mass is 373 g/mol. The number of ether oxygens (including phenoxy) is 1. The van der Waals surface area contributed by atoms with Crippen LogP contribution < -0.4 is 4.90 Å². The van der Waals surface area contributed by atoms with Gasteiger partial charge in [0, 0.05) is 64.9 Å². The summed E-state index contributed by atoms with van der Waals surface area (Å²) in [6, 6.07) is 7.78. The minimum absolute atomic E-state index is 0.0165. The maximum atomic E-state index is 13.3. The Morgan fingerprint density at radius 3 is 2.74 bits per heavy atom. The number of methoxy groups -OCH3 is 1. The Labute approximate surface area is 162 Å². The molecule has 0 unspecified atom stereocenters. The third kappa shape index (κ3) is 4.26. The van der Waals surface area contributed by atoms with Gasteiger partial charge in [-0.25, -0.2) is 0 Å². The van der Waals surface area contributed by atoms with Crippen LogP contribution in [0.25, 0.3) is 0 Å². The molecule has 0 radical (unpaired) electrons. The second-order valence-corrected chi connectivity index (χ2v) is 8.05. The smallest absolute Gasteiger partial charge is 0.255 e. The van der Waals surface area contributed by atoms with Gasteiger partial charge < -0.3 is 19.4 Å². The van der Waals surface area contributed by atoms with E-state index in [0.717, 1.165) is 50.1 Å². The molecule has 6 heteroatoms. The molecule has 2 aliphatic heterocycles. The largest absolute Gasteiger partial charge is 0.383 e. The van der Waals surface area contributed by atoms with E-state index < -0.39 is 0 Å². The molecule has 0 aliphatic carbocycles. The lowest BCUT2D eigenvalue weighted by Crippen LogP contribution is -2.55. The Morgan fingerprint density at radius 1 is 1.22 bits per heavy atom. The van der Waals surface area contributed by atoms with Crippen LogP contribution in [0.2, 0.25) is 0 Å². The summed E-state index contributed by atoms with van der Waals surface area (Å²) >= 11 is 0. The molecule has 2 heterocycles. The summed E-state index contributed by atoms with van der Waals surface area (Å²) in [7, 11) is 5.59. The zero-order chi connectivity index (χ0) is 19.4. The van der Waals surface area contributed by atoms with Gasteiger partial charge >= 0.3 is 0 Å². The highest BCUT2D eigenvalue weighted by Gasteiger charge is 2.42. The van der Waals surface area contributed by atoms with Gasteiger partial charge in [0.15, 0.2) is 0 Å². The van der Waals surface area contributed by atoms with E-state index in [1.807, 2.05) is 53.1 Å². The summed E-state index contributed by atoms with van der Waals surface area (Å²) in [5, 5.41) is 0. The zero-order valence-corrected chi connectivity index (χ0v) is 16.7. The van der Waals surface area contributed by atoms with Crippen molar-refractivity contribution in [3.63, 3.8) is 0 Å². The van der Waals surface area contributed by atoms with Crippen LogP contribution in [0.1, 0.15) is 36.0 Å². The first kappa shape index (κ1) is 19.7. The molecule has 2 saturated heterocycles. The number of hydrogen-bond donors (Lipinski definition) is 0. The summed E-state index contributed by atoms with van der Waals surface area (Å²) in [5.74, 6) is 0.304. The van der Waals surface area contributed by atoms with Gasteiger partial charge in [-0.2, -0.15) is 0 Å². The van der Waals surface area contributed by atoms with Crippen molar-refractivity contribution < 1.29 is 14.3 Å². The van der Waals surface area contributed by atoms with E-state index in [9.17, 15) is 9.59 Å². The molecule has 2 aliphatic rings. The first-order valence-electron chi connectivity index (χ1n) is 9.78. The fourth-order valence-electron chi connectivity index (χ4n) is 4.44. The van der Waals surface area contributed by atoms with Gasteiger partial charge in [0.25, 0.3) is 5.91 Å². The lowest BCUT2D eigenvalue weighted by molar-refractivity contribution is -0.139. The molecular weight excluding hydrogens is 342 g/mol. The molecule has 0 saturated carbocycles. The zero-order valence-electron chi connectivity index (χ0n) is 16.7. The van der Waals surface area contributed by atoms with Crippen molar-refractivity contribution in [1.82, 2.24) is 9.80 Å². The second kappa shape index (κ2) is 8.30. The Bertz CT molecular complexity index is 691. The Morgan fingerprint density at radius 2 is 2.00 bits per heavy atom. The van der Waals surface area contributed by atoms with Crippen LogP contribution in [-0.4, -0.2) is 75.6 Å². The number of carbonyl (C=O) groups excluding carboxylic acids is 2. The maximum Gasteiger partial charge on any atom is 0.255 e. The number of hydrogen-bond acceptors (Lipinski definition) is 4. The number of amides is 2. The van der Waals surface area contributed by atoms with Crippen LogP contribution in [-0.2, 0) is 9.53 Å². The Kier molecular flexibility index (Phi) is 6.05. The normalized spacial score (nSPS) is 23.0. The number of para-hydroxylation sites is 1. The molecule has 0 bridgehead atoms. The molecule has 1 aromatic carbocycles. The highest BCUT2D eigenvalue weighted by molar-refractivity contribution is 5.99. The summed E-state index contributed by atoms with van der Waals surface area (Å²) in [6.07, 6.45) is 3.50. The molecule has 1 aromatic rings. The summed E-state index contributed by atoms with van der Waals surface area (Å²) in [6.45, 7) is 3.43. The lowest BCUT2D eigenvalue weighted by Gasteiger charge is -2.48. The van der Waals surface area contributed by atoms with Crippen LogP contribution in [0, 0.1) is 5.41 Å². The number of rotatable bonds is 5. The van der Waals surface area contributed by atoms with E-state index in [-0.39, 0.29) is 17.2 Å². The molecule has 3 rings (SSSR count). The van der Waals surface area contributed by atoms with Crippen molar-refractivity contribution in [2.45, 2.75) is 25.7 Å². The molecule has 1 atom stereocenters. The molecule has 0 N–H and O–H groups in total. The van der Waals surface area contributed by atoms with Gasteiger partial charge in [-0.05, 0) is 31.4 Å². The topological polar surface area (TPSA) is 53.1 Å². The molecule has 2 amide bonds. The summed E-state index contributed by atoms with van der Waals surface area (Å²) in [5.41, 5.74) is 1.72. The molecule has 2 fully saturated rings. The minimum atomic E-state index is 0.0165. The first-order valence-corrected chi connectivity index (χ1v) is 9.78. The van der Waals surface area contributed by atoms with E-state index >= 15 is 0 Å². The number of nitrogens with zero attached hydrogens (tertiary/aromatic N) is 3. The molecular formula is C21H31N3O3. The van der Waals surface area contributed by atoms with E-state index in [1.165, 1.54) is 0 Å². The number of likely N-dealkylation sites (tertiary alicyclic amines) is 2. The molecule has 6 nitrogen and oxygen atoms in total. The van der Waals surface area contributed by atoms with Crippen LogP contribution in [0.15, 0.2) is 24.3 Å². The lowest BCUT2D eigenvalue weighted by atomic mass is 9.73. The minimum Gasteiger partial charge on any atom is -0.383 e. The highest BCUT2D eigenvalue weighted by atomic mass is 16.5. The fourth-order valence-corrected chi connectivity index (χ4v) is 4.44. The van der Waals surface area contributed by atoms with Crippen molar-refractivity contribution in [3.05, 3.63) is 29.8 Å². The third-order valence-corrected chi connectivity index (χ3v) is 5.88. The van der Waals surface area contributed by atoms with E-state index in [0.29, 0.717) is 19.6 Å². The maximum absolute atomic E-state index is 13.3. The van der Waals surface area contributed by atoms with Crippen molar-refractivity contribution in [2.75, 3.05) is 58.9 Å². The standard InChI is InChI=1S/C21H31N3O3/c1-22(2)18-8-5-4-7-17(18)20(26)24-12-6-10-21(16-24)11-9-19(25)23(15-21)13-14-27-3/h4-5,7-8H,6,9-16H2,1-3H3/t21-/m0/s1. The van der Waals surface area contributed by atoms with Gasteiger partial charge in [0.2, 0.25) is 5.91 Å². The SMILES string of the molecule is COCCN1C[C@]2(CCCN(C(=O)c3ccccc3N(C)C)C2)CCC1=O. The number of piperidine rings is 2. The number of benzene rings is 1. The van der Waals surface area contributed by atoms with Crippen molar-refractivity contribution >= 4 is 17.5 Å². The van der Waals surface area contributed by atoms with Crippen LogP contribution in [0.3, 0.4) is 0 Å². The van der Waals surface area contributed by atoms with E-state index in [4.69, 9.17) is 4.74 Å². The average molecular weight is 373 g/mol. The highest BCUT2D eigenvalue weighted by Crippen LogP contribution is 2.39. The van der Waals surface area contributed by atoms with E-state index in [1.54, 1.807) is 7.11 Å².